The second-order valence-electron chi connectivity index (χ2n) is 3.49. The average molecular weight is 317 g/mol. The number of urea groups is 1. The number of nitrogens with one attached hydrogen (secondary N) is 2. The Balaban J connectivity index is 2.47. The first kappa shape index (κ1) is 14.5. The summed E-state index contributed by atoms with van der Waals surface area (Å²) in [7, 11) is 0. The zero-order chi connectivity index (χ0) is 13.5. The second-order valence-corrected chi connectivity index (χ2v) is 4.35. The van der Waals surface area contributed by atoms with E-state index in [0.717, 1.165) is 10.0 Å². The Hall–Kier alpha value is -1.60. The van der Waals surface area contributed by atoms with Gasteiger partial charge in [0.1, 0.15) is 0 Å². The summed E-state index contributed by atoms with van der Waals surface area (Å²) in [6.07, 6.45) is 0. The van der Waals surface area contributed by atoms with Gasteiger partial charge in [0, 0.05) is 11.0 Å². The molecule has 0 saturated carbocycles. The molecule has 6 nitrogen and oxygen atoms in total. The standard InChI is InChI=1S/C11H13BrN2O4/c12-8-4-2-1-3-7(8)5-13-11(18)14-9(6-15)10(16)17/h1-4,9,15H,5-6H2,(H,16,17)(H2,13,14,18). The van der Waals surface area contributed by atoms with Crippen LogP contribution in [0.15, 0.2) is 28.7 Å². The van der Waals surface area contributed by atoms with E-state index in [-0.39, 0.29) is 6.54 Å². The molecule has 0 saturated heterocycles. The van der Waals surface area contributed by atoms with E-state index in [4.69, 9.17) is 10.2 Å². The summed E-state index contributed by atoms with van der Waals surface area (Å²) in [5.74, 6) is -1.28. The van der Waals surface area contributed by atoms with Gasteiger partial charge in [-0.15, -0.1) is 0 Å². The molecule has 4 N–H and O–H groups in total. The highest BCUT2D eigenvalue weighted by Crippen LogP contribution is 2.15. The van der Waals surface area contributed by atoms with Crippen LogP contribution >= 0.6 is 15.9 Å². The van der Waals surface area contributed by atoms with Crippen LogP contribution in [0, 0.1) is 0 Å². The minimum absolute atomic E-state index is 0.255. The summed E-state index contributed by atoms with van der Waals surface area (Å²) >= 11 is 3.33. The van der Waals surface area contributed by atoms with Crippen molar-refractivity contribution >= 4 is 27.9 Å². The average Bonchev–Trinajstić information content (AvgIpc) is 2.34. The van der Waals surface area contributed by atoms with Crippen molar-refractivity contribution in [2.24, 2.45) is 0 Å². The zero-order valence-corrected chi connectivity index (χ0v) is 11.0. The Morgan fingerprint density at radius 3 is 2.56 bits per heavy atom. The van der Waals surface area contributed by atoms with Crippen molar-refractivity contribution in [2.45, 2.75) is 12.6 Å². The monoisotopic (exact) mass is 316 g/mol. The van der Waals surface area contributed by atoms with Gasteiger partial charge in [-0.1, -0.05) is 34.1 Å². The van der Waals surface area contributed by atoms with E-state index in [1.807, 2.05) is 24.3 Å². The van der Waals surface area contributed by atoms with Crippen molar-refractivity contribution in [1.29, 1.82) is 0 Å². The molecule has 1 aromatic carbocycles. The SMILES string of the molecule is O=C(NCc1ccccc1Br)NC(CO)C(=O)O. The number of amides is 2. The van der Waals surface area contributed by atoms with Gasteiger partial charge in [-0.25, -0.2) is 9.59 Å². The maximum absolute atomic E-state index is 11.4. The Labute approximate surface area is 112 Å². The Kier molecular flexibility index (Phi) is 5.60. The molecule has 1 unspecified atom stereocenters. The quantitative estimate of drug-likeness (QED) is 0.642. The molecule has 1 aromatic rings. The van der Waals surface area contributed by atoms with Gasteiger partial charge >= 0.3 is 12.0 Å². The molecule has 0 fully saturated rings. The number of rotatable bonds is 5. The van der Waals surface area contributed by atoms with Gasteiger partial charge in [-0.3, -0.25) is 0 Å². The van der Waals surface area contributed by atoms with Gasteiger partial charge in [0.05, 0.1) is 6.61 Å². The topological polar surface area (TPSA) is 98.7 Å². The predicted octanol–water partition coefficient (Wildman–Crippen LogP) is 0.694. The third kappa shape index (κ3) is 4.34. The highest BCUT2D eigenvalue weighted by molar-refractivity contribution is 9.10. The van der Waals surface area contributed by atoms with E-state index in [1.54, 1.807) is 0 Å². The van der Waals surface area contributed by atoms with Crippen LogP contribution in [0.4, 0.5) is 4.79 Å². The predicted molar refractivity (Wildman–Crippen MR) is 68.0 cm³/mol. The highest BCUT2D eigenvalue weighted by Gasteiger charge is 2.18. The third-order valence-corrected chi connectivity index (χ3v) is 2.96. The van der Waals surface area contributed by atoms with Gasteiger partial charge in [0.2, 0.25) is 0 Å². The zero-order valence-electron chi connectivity index (χ0n) is 9.39. The number of carboxylic acids is 1. The van der Waals surface area contributed by atoms with Crippen LogP contribution in [-0.2, 0) is 11.3 Å². The number of aliphatic hydroxyl groups excluding tert-OH is 1. The summed E-state index contributed by atoms with van der Waals surface area (Å²) in [4.78, 5) is 22.0. The van der Waals surface area contributed by atoms with E-state index in [9.17, 15) is 9.59 Å². The normalized spacial score (nSPS) is 11.7. The number of hydrogen-bond acceptors (Lipinski definition) is 3. The van der Waals surface area contributed by atoms with Crippen LogP contribution < -0.4 is 10.6 Å². The summed E-state index contributed by atoms with van der Waals surface area (Å²) < 4.78 is 0.849. The van der Waals surface area contributed by atoms with E-state index in [2.05, 4.69) is 26.6 Å². The van der Waals surface area contributed by atoms with E-state index in [1.165, 1.54) is 0 Å². The van der Waals surface area contributed by atoms with Crippen LogP contribution in [0.5, 0.6) is 0 Å². The van der Waals surface area contributed by atoms with Gasteiger partial charge in [0.15, 0.2) is 6.04 Å². The molecule has 0 aliphatic rings. The van der Waals surface area contributed by atoms with Gasteiger partial charge in [-0.05, 0) is 11.6 Å². The number of aliphatic carboxylic acids is 1. The van der Waals surface area contributed by atoms with Crippen molar-refractivity contribution in [1.82, 2.24) is 10.6 Å². The lowest BCUT2D eigenvalue weighted by Crippen LogP contribution is -2.47. The van der Waals surface area contributed by atoms with Crippen LogP contribution in [0.1, 0.15) is 5.56 Å². The lowest BCUT2D eigenvalue weighted by Gasteiger charge is -2.13. The van der Waals surface area contributed by atoms with Crippen LogP contribution in [0.2, 0.25) is 0 Å². The van der Waals surface area contributed by atoms with Crippen molar-refractivity contribution < 1.29 is 19.8 Å². The molecule has 0 aliphatic carbocycles. The molecule has 0 heterocycles. The first-order valence-electron chi connectivity index (χ1n) is 5.16. The minimum atomic E-state index is -1.30. The first-order valence-corrected chi connectivity index (χ1v) is 5.95. The van der Waals surface area contributed by atoms with Crippen molar-refractivity contribution in [3.8, 4) is 0 Å². The lowest BCUT2D eigenvalue weighted by atomic mass is 10.2. The largest absolute Gasteiger partial charge is 0.480 e. The number of benzene rings is 1. The summed E-state index contributed by atoms with van der Waals surface area (Å²) in [6.45, 7) is -0.400. The van der Waals surface area contributed by atoms with Crippen LogP contribution in [0.3, 0.4) is 0 Å². The number of halogens is 1. The van der Waals surface area contributed by atoms with E-state index in [0.29, 0.717) is 0 Å². The maximum Gasteiger partial charge on any atom is 0.328 e. The highest BCUT2D eigenvalue weighted by atomic mass is 79.9. The van der Waals surface area contributed by atoms with Crippen molar-refractivity contribution in [2.75, 3.05) is 6.61 Å². The molecule has 2 amide bonds. The molecule has 98 valence electrons. The lowest BCUT2D eigenvalue weighted by molar-refractivity contribution is -0.140. The molecule has 0 aliphatic heterocycles. The summed E-state index contributed by atoms with van der Waals surface area (Å²) in [6, 6.07) is 5.39. The molecule has 0 spiro atoms. The summed E-state index contributed by atoms with van der Waals surface area (Å²) in [5.41, 5.74) is 0.864. The second kappa shape index (κ2) is 6.97. The molecule has 1 atom stereocenters. The number of hydrogen-bond donors (Lipinski definition) is 4. The number of carbonyl (C=O) groups excluding carboxylic acids is 1. The number of carbonyl (C=O) groups is 2. The fourth-order valence-corrected chi connectivity index (χ4v) is 1.64. The fourth-order valence-electron chi connectivity index (χ4n) is 1.21. The molecule has 1 rings (SSSR count). The molecular weight excluding hydrogens is 304 g/mol. The molecule has 0 radical (unpaired) electrons. The smallest absolute Gasteiger partial charge is 0.328 e. The Morgan fingerprint density at radius 2 is 2.00 bits per heavy atom. The number of aliphatic hydroxyl groups is 1. The van der Waals surface area contributed by atoms with Crippen molar-refractivity contribution in [3.05, 3.63) is 34.3 Å². The molecule has 18 heavy (non-hydrogen) atoms. The van der Waals surface area contributed by atoms with Crippen molar-refractivity contribution in [3.63, 3.8) is 0 Å². The van der Waals surface area contributed by atoms with E-state index >= 15 is 0 Å². The fraction of sp³-hybridized carbons (Fsp3) is 0.273. The van der Waals surface area contributed by atoms with Gasteiger partial charge in [0.25, 0.3) is 0 Å². The third-order valence-electron chi connectivity index (χ3n) is 2.18. The Morgan fingerprint density at radius 1 is 1.33 bits per heavy atom. The Bertz CT molecular complexity index is 439. The maximum atomic E-state index is 11.4. The van der Waals surface area contributed by atoms with Crippen LogP contribution in [-0.4, -0.2) is 34.9 Å². The molecule has 7 heteroatoms. The molecule has 0 bridgehead atoms. The van der Waals surface area contributed by atoms with Crippen LogP contribution in [0.25, 0.3) is 0 Å². The number of carboxylic acid groups (broad SMARTS) is 1. The van der Waals surface area contributed by atoms with Gasteiger partial charge in [-0.2, -0.15) is 0 Å². The minimum Gasteiger partial charge on any atom is -0.480 e. The first-order chi connectivity index (χ1) is 8.54. The summed E-state index contributed by atoms with van der Waals surface area (Å²) in [5, 5.41) is 22.0. The van der Waals surface area contributed by atoms with Gasteiger partial charge < -0.3 is 20.8 Å². The molecular formula is C11H13BrN2O4. The van der Waals surface area contributed by atoms with E-state index < -0.39 is 24.6 Å². The molecule has 0 aromatic heterocycles.